The van der Waals surface area contributed by atoms with E-state index in [0.29, 0.717) is 24.0 Å². The first-order valence-electron chi connectivity index (χ1n) is 21.1. The van der Waals surface area contributed by atoms with Crippen LogP contribution < -0.4 is 37.6 Å². The molecule has 13 N–H and O–H groups in total. The number of para-hydroxylation sites is 1. The molecule has 1 aliphatic rings. The van der Waals surface area contributed by atoms with Crippen LogP contribution in [0.15, 0.2) is 54.7 Å². The molecule has 9 unspecified atom stereocenters. The molecular weight excluding hydrogens is 869 g/mol. The predicted octanol–water partition coefficient (Wildman–Crippen LogP) is 0.210. The van der Waals surface area contributed by atoms with Crippen molar-refractivity contribution in [1.82, 2.24) is 36.9 Å². The number of phenols is 1. The molecule has 0 radical (unpaired) electrons. The maximum Gasteiger partial charge on any atom is 0.328 e. The molecule has 3 aromatic rings. The highest BCUT2D eigenvalue weighted by Gasteiger charge is 2.37. The van der Waals surface area contributed by atoms with Crippen LogP contribution in [0.1, 0.15) is 58.1 Å². The molecule has 6 amide bonds. The van der Waals surface area contributed by atoms with E-state index < -0.39 is 95.8 Å². The molecule has 350 valence electrons. The van der Waals surface area contributed by atoms with Crippen LogP contribution in [0.5, 0.6) is 5.75 Å². The second-order valence-corrected chi connectivity index (χ2v) is 18.7. The molecule has 9 atom stereocenters. The number of unbranched alkanes of at least 4 members (excludes halogenated alkanes) is 1. The smallest absolute Gasteiger partial charge is 0.328 e. The molecular formula is C43H60N8O11S2. The first-order valence-corrected chi connectivity index (χ1v) is 23.6. The molecule has 4 rings (SSSR count). The van der Waals surface area contributed by atoms with Gasteiger partial charge in [-0.3, -0.25) is 28.8 Å². The first-order chi connectivity index (χ1) is 30.4. The van der Waals surface area contributed by atoms with Crippen molar-refractivity contribution >= 4 is 73.9 Å². The molecule has 0 saturated carbocycles. The minimum atomic E-state index is -1.74. The summed E-state index contributed by atoms with van der Waals surface area (Å²) in [6, 6.07) is 4.68. The lowest BCUT2D eigenvalue weighted by Crippen LogP contribution is -2.62. The van der Waals surface area contributed by atoms with Crippen molar-refractivity contribution in [1.29, 1.82) is 0 Å². The Morgan fingerprint density at radius 2 is 1.38 bits per heavy atom. The number of aromatic hydroxyl groups is 1. The molecule has 0 bridgehead atoms. The number of aliphatic carboxylic acids is 1. The number of aliphatic hydroxyl groups excluding tert-OH is 2. The van der Waals surface area contributed by atoms with Crippen molar-refractivity contribution in [3.63, 3.8) is 0 Å². The molecule has 1 aliphatic heterocycles. The number of aromatic nitrogens is 1. The second kappa shape index (κ2) is 24.6. The minimum Gasteiger partial charge on any atom is -0.508 e. The van der Waals surface area contributed by atoms with Crippen LogP contribution in [0.3, 0.4) is 0 Å². The average Bonchev–Trinajstić information content (AvgIpc) is 3.65. The maximum atomic E-state index is 14.5. The van der Waals surface area contributed by atoms with E-state index in [1.54, 1.807) is 18.3 Å². The Morgan fingerprint density at radius 3 is 2.00 bits per heavy atom. The van der Waals surface area contributed by atoms with Gasteiger partial charge in [-0.2, -0.15) is 0 Å². The van der Waals surface area contributed by atoms with Gasteiger partial charge in [0.05, 0.1) is 18.1 Å². The van der Waals surface area contributed by atoms with E-state index in [9.17, 15) is 54.0 Å². The van der Waals surface area contributed by atoms with Crippen LogP contribution in [0, 0.1) is 11.8 Å². The molecule has 1 saturated heterocycles. The molecule has 0 spiro atoms. The van der Waals surface area contributed by atoms with Gasteiger partial charge < -0.3 is 63.0 Å². The third-order valence-corrected chi connectivity index (χ3v) is 13.2. The number of hydrogen-bond donors (Lipinski definition) is 12. The van der Waals surface area contributed by atoms with E-state index in [2.05, 4.69) is 36.9 Å². The monoisotopic (exact) mass is 928 g/mol. The summed E-state index contributed by atoms with van der Waals surface area (Å²) < 4.78 is 0. The summed E-state index contributed by atoms with van der Waals surface area (Å²) in [6.07, 6.45) is -0.599. The number of carboxylic acid groups (broad SMARTS) is 1. The molecule has 0 aliphatic carbocycles. The van der Waals surface area contributed by atoms with Crippen molar-refractivity contribution < 1.29 is 54.0 Å². The van der Waals surface area contributed by atoms with Gasteiger partial charge in [-0.05, 0) is 74.9 Å². The second-order valence-electron chi connectivity index (χ2n) is 16.2. The fourth-order valence-electron chi connectivity index (χ4n) is 6.95. The third-order valence-electron chi connectivity index (χ3n) is 10.8. The van der Waals surface area contributed by atoms with E-state index >= 15 is 0 Å². The fourth-order valence-corrected chi connectivity index (χ4v) is 9.62. The number of H-pyrrole nitrogens is 1. The van der Waals surface area contributed by atoms with E-state index in [0.717, 1.165) is 21.7 Å². The standard InChI is InChI=1S/C43H60N8O11S2/c1-22(2)29-20-63-64-21-34(41(59)51-36(24(4)53)43(61)62)49-42(60)35(23(3)52)50-38(56)31(11-7-8-16-44)46-40(58)33(18-26-19-45-30-10-6-5-9-28(26)30)48-39(57)32(47-37(29)55)17-25-12-14-27(54)15-13-25/h5-6,9-10,12-15,19,22-24,29,31-36,45,52-54H,7-8,11,16-18,20-21,44H2,1-4H3,(H,46,58)(H,47,55)(H,48,57)(H,49,60)(H,50,56)(H,51,59)(H,61,62). The van der Waals surface area contributed by atoms with E-state index in [1.165, 1.54) is 36.8 Å². The van der Waals surface area contributed by atoms with Crippen molar-refractivity contribution in [2.75, 3.05) is 18.1 Å². The molecule has 21 heteroatoms. The number of nitrogens with two attached hydrogens (primary N) is 1. The normalized spacial score (nSPS) is 23.7. The zero-order valence-electron chi connectivity index (χ0n) is 36.2. The topological polar surface area (TPSA) is 314 Å². The lowest BCUT2D eigenvalue weighted by Gasteiger charge is -2.29. The molecule has 1 fully saturated rings. The third kappa shape index (κ3) is 14.9. The summed E-state index contributed by atoms with van der Waals surface area (Å²) in [5.41, 5.74) is 7.78. The highest BCUT2D eigenvalue weighted by molar-refractivity contribution is 8.76. The van der Waals surface area contributed by atoms with Gasteiger partial charge in [-0.15, -0.1) is 0 Å². The predicted molar refractivity (Wildman–Crippen MR) is 243 cm³/mol. The van der Waals surface area contributed by atoms with Crippen LogP contribution in [0.25, 0.3) is 10.9 Å². The van der Waals surface area contributed by atoms with Crippen molar-refractivity contribution in [3.05, 3.63) is 65.9 Å². The first kappa shape index (κ1) is 51.3. The molecule has 64 heavy (non-hydrogen) atoms. The summed E-state index contributed by atoms with van der Waals surface area (Å²) in [5, 5.41) is 56.9. The van der Waals surface area contributed by atoms with E-state index in [4.69, 9.17) is 5.73 Å². The Kier molecular flexibility index (Phi) is 19.7. The van der Waals surface area contributed by atoms with Crippen molar-refractivity contribution in [3.8, 4) is 5.75 Å². The van der Waals surface area contributed by atoms with Gasteiger partial charge in [0.2, 0.25) is 35.4 Å². The lowest BCUT2D eigenvalue weighted by atomic mass is 9.95. The van der Waals surface area contributed by atoms with Gasteiger partial charge in [0.1, 0.15) is 36.0 Å². The molecule has 2 heterocycles. The molecule has 1 aromatic heterocycles. The van der Waals surface area contributed by atoms with Crippen LogP contribution >= 0.6 is 21.6 Å². The Hall–Kier alpha value is -5.35. The van der Waals surface area contributed by atoms with Gasteiger partial charge >= 0.3 is 5.97 Å². The van der Waals surface area contributed by atoms with Crippen LogP contribution in [-0.4, -0.2) is 133 Å². The number of carbonyl (C=O) groups is 7. The quantitative estimate of drug-likeness (QED) is 0.0761. The van der Waals surface area contributed by atoms with Gasteiger partial charge in [0, 0.05) is 41.4 Å². The number of nitrogens with one attached hydrogen (secondary N) is 7. The van der Waals surface area contributed by atoms with Crippen LogP contribution in [-0.2, 0) is 46.4 Å². The fraction of sp³-hybridized carbons (Fsp3) is 0.512. The van der Waals surface area contributed by atoms with Crippen molar-refractivity contribution in [2.24, 2.45) is 17.6 Å². The number of hydrogen-bond acceptors (Lipinski definition) is 13. The Balaban J connectivity index is 1.79. The van der Waals surface area contributed by atoms with Crippen LogP contribution in [0.4, 0.5) is 0 Å². The number of fused-ring (bicyclic) bond motifs is 1. The molecule has 19 nitrogen and oxygen atoms in total. The number of carboxylic acids is 1. The Labute approximate surface area is 379 Å². The summed E-state index contributed by atoms with van der Waals surface area (Å²) in [5.74, 6) is -7.40. The van der Waals surface area contributed by atoms with Gasteiger partial charge in [-0.1, -0.05) is 65.8 Å². The minimum absolute atomic E-state index is 0.00734. The number of carbonyl (C=O) groups excluding carboxylic acids is 6. The number of phenolic OH excluding ortho intramolecular Hbond substituents is 1. The SMILES string of the molecule is CC(C)C1CSSCC(C(=O)NC(C(=O)O)C(C)O)NC(=O)C(C(C)O)NC(=O)C(CCCCN)NC(=O)C(Cc2c[nH]c3ccccc23)NC(=O)C(Cc2ccc(O)cc2)NC1=O. The van der Waals surface area contributed by atoms with E-state index in [-0.39, 0.29) is 49.0 Å². The maximum absolute atomic E-state index is 14.5. The van der Waals surface area contributed by atoms with Crippen molar-refractivity contribution in [2.45, 2.75) is 108 Å². The summed E-state index contributed by atoms with van der Waals surface area (Å²) >= 11 is 0. The number of benzene rings is 2. The van der Waals surface area contributed by atoms with Gasteiger partial charge in [0.25, 0.3) is 0 Å². The zero-order valence-corrected chi connectivity index (χ0v) is 37.8. The number of rotatable bonds is 14. The summed E-state index contributed by atoms with van der Waals surface area (Å²) in [6.45, 7) is 6.30. The number of amides is 6. The average molecular weight is 929 g/mol. The highest BCUT2D eigenvalue weighted by Crippen LogP contribution is 2.29. The highest BCUT2D eigenvalue weighted by atomic mass is 33.1. The van der Waals surface area contributed by atoms with Gasteiger partial charge in [0.15, 0.2) is 6.04 Å². The Morgan fingerprint density at radius 1 is 0.766 bits per heavy atom. The molecule has 2 aromatic carbocycles. The largest absolute Gasteiger partial charge is 0.508 e. The number of aliphatic hydroxyl groups is 2. The Bertz CT molecular complexity index is 2080. The zero-order chi connectivity index (χ0) is 47.1. The van der Waals surface area contributed by atoms with Crippen LogP contribution in [0.2, 0.25) is 0 Å². The number of aromatic amines is 1. The van der Waals surface area contributed by atoms with E-state index in [1.807, 2.05) is 38.1 Å². The van der Waals surface area contributed by atoms with Gasteiger partial charge in [-0.25, -0.2) is 4.79 Å². The summed E-state index contributed by atoms with van der Waals surface area (Å²) in [4.78, 5) is 99.6. The summed E-state index contributed by atoms with van der Waals surface area (Å²) in [7, 11) is 2.25. The lowest BCUT2D eigenvalue weighted by molar-refractivity contribution is -0.145.